The van der Waals surface area contributed by atoms with Crippen LogP contribution in [0.5, 0.6) is 0 Å². The van der Waals surface area contributed by atoms with Gasteiger partial charge >= 0.3 is 0 Å². The molecule has 2 aliphatic heterocycles. The molecular weight excluding hydrogens is 295 g/mol. The van der Waals surface area contributed by atoms with Crippen molar-refractivity contribution in [1.82, 2.24) is 0 Å². The first-order chi connectivity index (χ1) is 10.1. The fraction of sp³-hybridized carbons (Fsp3) is 0.133. The van der Waals surface area contributed by atoms with E-state index >= 15 is 0 Å². The summed E-state index contributed by atoms with van der Waals surface area (Å²) in [6.45, 7) is 0. The van der Waals surface area contributed by atoms with Crippen LogP contribution < -0.4 is 4.90 Å². The largest absolute Gasteiger partial charge is 0.289 e. The Bertz CT molecular complexity index is 797. The molecule has 1 amide bonds. The van der Waals surface area contributed by atoms with Gasteiger partial charge in [-0.15, -0.1) is 0 Å². The van der Waals surface area contributed by atoms with Gasteiger partial charge in [-0.3, -0.25) is 19.5 Å². The summed E-state index contributed by atoms with van der Waals surface area (Å²) >= 11 is 6.08. The summed E-state index contributed by atoms with van der Waals surface area (Å²) in [5.74, 6) is -2.16. The zero-order chi connectivity index (χ0) is 14.7. The Morgan fingerprint density at radius 2 is 2.10 bits per heavy atom. The van der Waals surface area contributed by atoms with Crippen LogP contribution >= 0.6 is 11.6 Å². The van der Waals surface area contributed by atoms with E-state index in [1.807, 2.05) is 0 Å². The van der Waals surface area contributed by atoms with Crippen LogP contribution in [0.25, 0.3) is 0 Å². The van der Waals surface area contributed by atoms with Crippen molar-refractivity contribution in [3.63, 3.8) is 0 Å². The third kappa shape index (κ3) is 1.52. The van der Waals surface area contributed by atoms with Gasteiger partial charge in [-0.2, -0.15) is 0 Å². The van der Waals surface area contributed by atoms with Gasteiger partial charge in [0.25, 0.3) is 0 Å². The van der Waals surface area contributed by atoms with Gasteiger partial charge in [-0.25, -0.2) is 4.39 Å². The maximum atomic E-state index is 14.1. The van der Waals surface area contributed by atoms with Gasteiger partial charge in [0.1, 0.15) is 11.7 Å². The van der Waals surface area contributed by atoms with Crippen molar-refractivity contribution in [2.24, 2.45) is 10.9 Å². The van der Waals surface area contributed by atoms with E-state index in [0.717, 1.165) is 4.90 Å². The fourth-order valence-corrected chi connectivity index (χ4v) is 3.18. The highest BCUT2D eigenvalue weighted by atomic mass is 35.5. The molecule has 1 aromatic rings. The molecule has 0 spiro atoms. The van der Waals surface area contributed by atoms with Crippen LogP contribution in [0.3, 0.4) is 0 Å². The number of Topliss-reactive ketones (excluding diaryl/α,β-unsaturated/α-hetero) is 1. The molecule has 0 bridgehead atoms. The van der Waals surface area contributed by atoms with Crippen molar-refractivity contribution in [3.05, 3.63) is 52.8 Å². The molecule has 4 rings (SSSR count). The zero-order valence-electron chi connectivity index (χ0n) is 10.6. The molecule has 2 unspecified atom stereocenters. The third-order valence-corrected chi connectivity index (χ3v) is 4.17. The summed E-state index contributed by atoms with van der Waals surface area (Å²) in [5.41, 5.74) is 0.620. The average Bonchev–Trinajstić information content (AvgIpc) is 2.74. The first-order valence-electron chi connectivity index (χ1n) is 6.37. The fourth-order valence-electron chi connectivity index (χ4n) is 2.90. The Morgan fingerprint density at radius 3 is 2.90 bits per heavy atom. The molecule has 1 aromatic carbocycles. The summed E-state index contributed by atoms with van der Waals surface area (Å²) in [4.78, 5) is 30.4. The van der Waals surface area contributed by atoms with Gasteiger partial charge in [0, 0.05) is 10.6 Å². The van der Waals surface area contributed by atoms with E-state index < -0.39 is 23.8 Å². The van der Waals surface area contributed by atoms with Crippen molar-refractivity contribution in [2.45, 2.75) is 6.17 Å². The molecule has 0 aromatic heterocycles. The lowest BCUT2D eigenvalue weighted by atomic mass is 9.94. The Kier molecular flexibility index (Phi) is 2.44. The van der Waals surface area contributed by atoms with Crippen molar-refractivity contribution < 1.29 is 14.0 Å². The third-order valence-electron chi connectivity index (χ3n) is 3.82. The molecule has 2 heterocycles. The molecule has 2 atom stereocenters. The van der Waals surface area contributed by atoms with Crippen LogP contribution in [-0.2, 0) is 4.79 Å². The summed E-state index contributed by atoms with van der Waals surface area (Å²) < 4.78 is 14.1. The predicted octanol–water partition coefficient (Wildman–Crippen LogP) is 2.44. The van der Waals surface area contributed by atoms with E-state index in [9.17, 15) is 14.0 Å². The van der Waals surface area contributed by atoms with Crippen LogP contribution in [0.4, 0.5) is 10.1 Å². The molecular formula is C15H8ClFN2O2. The Morgan fingerprint density at radius 1 is 1.29 bits per heavy atom. The first kappa shape index (κ1) is 12.5. The van der Waals surface area contributed by atoms with Crippen LogP contribution in [0.1, 0.15) is 10.4 Å². The summed E-state index contributed by atoms with van der Waals surface area (Å²) in [6, 6.07) is 4.17. The topological polar surface area (TPSA) is 49.7 Å². The summed E-state index contributed by atoms with van der Waals surface area (Å²) in [6.07, 6.45) is 3.90. The highest BCUT2D eigenvalue weighted by molar-refractivity contribution is 6.38. The number of para-hydroxylation sites is 1. The smallest absolute Gasteiger partial charge is 0.243 e. The van der Waals surface area contributed by atoms with E-state index in [-0.39, 0.29) is 17.0 Å². The first-order valence-corrected chi connectivity index (χ1v) is 6.74. The maximum Gasteiger partial charge on any atom is 0.243 e. The number of carbonyl (C=O) groups is 2. The number of aliphatic imine (C=N–C) groups is 1. The Balaban J connectivity index is 1.95. The number of nitrogens with zero attached hydrogens (tertiary/aromatic N) is 2. The Labute approximate surface area is 124 Å². The number of allylic oxidation sites excluding steroid dienone is 3. The lowest BCUT2D eigenvalue weighted by Crippen LogP contribution is -2.50. The second-order valence-corrected chi connectivity index (χ2v) is 5.42. The van der Waals surface area contributed by atoms with E-state index in [2.05, 4.69) is 4.99 Å². The molecule has 21 heavy (non-hydrogen) atoms. The highest BCUT2D eigenvalue weighted by Crippen LogP contribution is 2.40. The van der Waals surface area contributed by atoms with Crippen molar-refractivity contribution in [1.29, 1.82) is 0 Å². The second kappa shape index (κ2) is 4.11. The van der Waals surface area contributed by atoms with Crippen LogP contribution in [0.15, 0.2) is 46.5 Å². The van der Waals surface area contributed by atoms with E-state index in [1.54, 1.807) is 18.2 Å². The number of hydrogen-bond donors (Lipinski definition) is 0. The van der Waals surface area contributed by atoms with Gasteiger partial charge in [0.2, 0.25) is 11.7 Å². The minimum Gasteiger partial charge on any atom is -0.289 e. The monoisotopic (exact) mass is 302 g/mol. The van der Waals surface area contributed by atoms with Crippen LogP contribution in [-0.4, -0.2) is 23.6 Å². The lowest BCUT2D eigenvalue weighted by molar-refractivity contribution is -0.120. The van der Waals surface area contributed by atoms with E-state index in [0.29, 0.717) is 10.7 Å². The van der Waals surface area contributed by atoms with Crippen molar-refractivity contribution in [2.75, 3.05) is 4.90 Å². The number of benzene rings is 1. The molecule has 3 aliphatic rings. The standard InChI is InChI=1S/C15H8ClFN2O2/c16-8-4-2-6-10-11(8)15(21)19-12-7(3-1-5-9(12)17)13(20)14(19)18-10/h1-6,11,14H. The number of ketones is 1. The number of rotatable bonds is 0. The van der Waals surface area contributed by atoms with Crippen LogP contribution in [0, 0.1) is 11.7 Å². The number of anilines is 1. The van der Waals surface area contributed by atoms with Crippen molar-refractivity contribution >= 4 is 34.7 Å². The summed E-state index contributed by atoms with van der Waals surface area (Å²) in [7, 11) is 0. The van der Waals surface area contributed by atoms with Gasteiger partial charge < -0.3 is 0 Å². The predicted molar refractivity (Wildman–Crippen MR) is 76.0 cm³/mol. The van der Waals surface area contributed by atoms with Gasteiger partial charge in [-0.05, 0) is 24.3 Å². The zero-order valence-corrected chi connectivity index (χ0v) is 11.3. The van der Waals surface area contributed by atoms with E-state index in [1.165, 1.54) is 18.2 Å². The molecule has 0 saturated carbocycles. The van der Waals surface area contributed by atoms with Gasteiger partial charge in [-0.1, -0.05) is 23.7 Å². The second-order valence-electron chi connectivity index (χ2n) is 4.98. The minimum absolute atomic E-state index is 0.000630. The number of hydrogen-bond acceptors (Lipinski definition) is 3. The lowest BCUT2D eigenvalue weighted by Gasteiger charge is -2.32. The molecule has 6 heteroatoms. The molecule has 0 N–H and O–H groups in total. The Hall–Kier alpha value is -2.27. The van der Waals surface area contributed by atoms with Gasteiger partial charge in [0.05, 0.1) is 11.4 Å². The SMILES string of the molecule is O=C1c2cccc(F)c2N2C(=O)C3C(Cl)=CC=CC3=NC12. The van der Waals surface area contributed by atoms with Crippen LogP contribution in [0.2, 0.25) is 0 Å². The molecule has 4 nitrogen and oxygen atoms in total. The molecule has 0 saturated heterocycles. The molecule has 104 valence electrons. The summed E-state index contributed by atoms with van der Waals surface area (Å²) in [5, 5.41) is 0.317. The number of carbonyl (C=O) groups excluding carboxylic acids is 2. The molecule has 1 aliphatic carbocycles. The maximum absolute atomic E-state index is 14.1. The number of fused-ring (bicyclic) bond motifs is 4. The van der Waals surface area contributed by atoms with Gasteiger partial charge in [0.15, 0.2) is 6.17 Å². The highest BCUT2D eigenvalue weighted by Gasteiger charge is 2.49. The van der Waals surface area contributed by atoms with Crippen molar-refractivity contribution in [3.8, 4) is 0 Å². The van der Waals surface area contributed by atoms with E-state index in [4.69, 9.17) is 11.6 Å². The minimum atomic E-state index is -1.03. The number of halogens is 2. The quantitative estimate of drug-likeness (QED) is 0.739. The molecule has 0 fully saturated rings. The normalized spacial score (nSPS) is 26.1. The number of amides is 1. The molecule has 0 radical (unpaired) electrons. The average molecular weight is 303 g/mol.